The summed E-state index contributed by atoms with van der Waals surface area (Å²) in [4.78, 5) is 14.2. The van der Waals surface area contributed by atoms with Crippen LogP contribution >= 0.6 is 0 Å². The van der Waals surface area contributed by atoms with E-state index >= 15 is 0 Å². The van der Waals surface area contributed by atoms with Gasteiger partial charge in [-0.15, -0.1) is 0 Å². The molecule has 3 rings (SSSR count). The molecule has 1 atom stereocenters. The molecule has 1 N–H and O–H groups in total. The standard InChI is InChI=1S/C17H23FN2O/c18-17(16(21)19-11-14-7-8-14)9-4-10-20(13-17)12-15-5-2-1-3-6-15/h1-3,5-6,14H,4,7-13H2,(H,19,21)/t17-/m0/s1. The minimum Gasteiger partial charge on any atom is -0.353 e. The average Bonchev–Trinajstić information content (AvgIpc) is 3.30. The fourth-order valence-corrected chi connectivity index (χ4v) is 2.97. The summed E-state index contributed by atoms with van der Waals surface area (Å²) in [6, 6.07) is 10.0. The highest BCUT2D eigenvalue weighted by Crippen LogP contribution is 2.29. The first-order chi connectivity index (χ1) is 10.2. The van der Waals surface area contributed by atoms with Crippen LogP contribution in [0.1, 0.15) is 31.2 Å². The Kier molecular flexibility index (Phi) is 4.24. The van der Waals surface area contributed by atoms with Crippen LogP contribution < -0.4 is 5.32 Å². The molecule has 1 aromatic rings. The van der Waals surface area contributed by atoms with Crippen LogP contribution in [-0.4, -0.2) is 36.1 Å². The van der Waals surface area contributed by atoms with E-state index in [1.807, 2.05) is 30.3 Å². The Hall–Kier alpha value is -1.42. The molecule has 1 saturated heterocycles. The lowest BCUT2D eigenvalue weighted by atomic mass is 9.93. The third kappa shape index (κ3) is 3.82. The number of amides is 1. The van der Waals surface area contributed by atoms with Gasteiger partial charge in [0.25, 0.3) is 5.91 Å². The first-order valence-corrected chi connectivity index (χ1v) is 7.89. The lowest BCUT2D eigenvalue weighted by Crippen LogP contribution is -2.54. The van der Waals surface area contributed by atoms with Gasteiger partial charge < -0.3 is 5.32 Å². The van der Waals surface area contributed by atoms with Crippen molar-refractivity contribution in [3.8, 4) is 0 Å². The molecular formula is C17H23FN2O. The predicted octanol–water partition coefficient (Wildman–Crippen LogP) is 2.52. The van der Waals surface area contributed by atoms with Crippen LogP contribution in [-0.2, 0) is 11.3 Å². The number of hydrogen-bond acceptors (Lipinski definition) is 2. The number of nitrogens with zero attached hydrogens (tertiary/aromatic N) is 1. The molecule has 1 aliphatic heterocycles. The van der Waals surface area contributed by atoms with E-state index in [1.54, 1.807) is 0 Å². The average molecular weight is 290 g/mol. The van der Waals surface area contributed by atoms with E-state index in [-0.39, 0.29) is 6.54 Å². The van der Waals surface area contributed by atoms with Crippen LogP contribution in [0.3, 0.4) is 0 Å². The smallest absolute Gasteiger partial charge is 0.259 e. The van der Waals surface area contributed by atoms with Gasteiger partial charge in [-0.25, -0.2) is 4.39 Å². The van der Waals surface area contributed by atoms with Gasteiger partial charge in [-0.1, -0.05) is 30.3 Å². The minimum atomic E-state index is -1.72. The Labute approximate surface area is 125 Å². The molecule has 0 radical (unpaired) electrons. The SMILES string of the molecule is O=C(NCC1CC1)[C@]1(F)CCCN(Cc2ccccc2)C1. The quantitative estimate of drug-likeness (QED) is 0.904. The van der Waals surface area contributed by atoms with E-state index in [0.29, 0.717) is 25.4 Å². The summed E-state index contributed by atoms with van der Waals surface area (Å²) in [5, 5.41) is 2.80. The molecule has 2 aliphatic rings. The maximum absolute atomic E-state index is 14.9. The highest BCUT2D eigenvalue weighted by molar-refractivity contribution is 5.85. The first-order valence-electron chi connectivity index (χ1n) is 7.89. The summed E-state index contributed by atoms with van der Waals surface area (Å²) in [5.74, 6) is 0.175. The van der Waals surface area contributed by atoms with E-state index < -0.39 is 11.6 Å². The summed E-state index contributed by atoms with van der Waals surface area (Å²) in [5.41, 5.74) is -0.554. The zero-order chi connectivity index (χ0) is 14.7. The number of carbonyl (C=O) groups excluding carboxylic acids is 1. The van der Waals surface area contributed by atoms with Crippen LogP contribution in [0.4, 0.5) is 4.39 Å². The molecule has 1 saturated carbocycles. The number of benzene rings is 1. The van der Waals surface area contributed by atoms with Gasteiger partial charge in [0.15, 0.2) is 0 Å². The molecule has 114 valence electrons. The zero-order valence-corrected chi connectivity index (χ0v) is 12.4. The van der Waals surface area contributed by atoms with E-state index in [4.69, 9.17) is 0 Å². The van der Waals surface area contributed by atoms with Crippen molar-refractivity contribution in [3.05, 3.63) is 35.9 Å². The van der Waals surface area contributed by atoms with Crippen molar-refractivity contribution < 1.29 is 9.18 Å². The second-order valence-corrected chi connectivity index (χ2v) is 6.42. The molecule has 3 nitrogen and oxygen atoms in total. The molecule has 1 amide bonds. The van der Waals surface area contributed by atoms with E-state index in [0.717, 1.165) is 13.0 Å². The van der Waals surface area contributed by atoms with Crippen molar-refractivity contribution in [2.45, 2.75) is 37.9 Å². The highest BCUT2D eigenvalue weighted by atomic mass is 19.1. The number of likely N-dealkylation sites (tertiary alicyclic amines) is 1. The molecular weight excluding hydrogens is 267 g/mol. The van der Waals surface area contributed by atoms with Crippen LogP contribution in [0.5, 0.6) is 0 Å². The third-order valence-electron chi connectivity index (χ3n) is 4.43. The molecule has 1 aromatic carbocycles. The predicted molar refractivity (Wildman–Crippen MR) is 80.5 cm³/mol. The van der Waals surface area contributed by atoms with Gasteiger partial charge in [-0.3, -0.25) is 9.69 Å². The van der Waals surface area contributed by atoms with Gasteiger partial charge >= 0.3 is 0 Å². The fourth-order valence-electron chi connectivity index (χ4n) is 2.97. The normalized spacial score (nSPS) is 26.5. The molecule has 0 aromatic heterocycles. The van der Waals surface area contributed by atoms with E-state index in [2.05, 4.69) is 10.2 Å². The molecule has 4 heteroatoms. The summed E-state index contributed by atoms with van der Waals surface area (Å²) < 4.78 is 14.9. The first kappa shape index (κ1) is 14.5. The number of hydrogen-bond donors (Lipinski definition) is 1. The molecule has 0 bridgehead atoms. The van der Waals surface area contributed by atoms with Crippen molar-refractivity contribution >= 4 is 5.91 Å². The molecule has 2 fully saturated rings. The van der Waals surface area contributed by atoms with Crippen LogP contribution in [0, 0.1) is 5.92 Å². The van der Waals surface area contributed by atoms with Gasteiger partial charge in [0, 0.05) is 19.6 Å². The monoisotopic (exact) mass is 290 g/mol. The van der Waals surface area contributed by atoms with Crippen molar-refractivity contribution in [2.24, 2.45) is 5.92 Å². The number of piperidine rings is 1. The maximum atomic E-state index is 14.9. The summed E-state index contributed by atoms with van der Waals surface area (Å²) in [6.07, 6.45) is 3.41. The summed E-state index contributed by atoms with van der Waals surface area (Å²) >= 11 is 0. The van der Waals surface area contributed by atoms with Crippen molar-refractivity contribution in [1.82, 2.24) is 10.2 Å². The molecule has 1 heterocycles. The number of halogens is 1. The minimum absolute atomic E-state index is 0.207. The van der Waals surface area contributed by atoms with Crippen LogP contribution in [0.25, 0.3) is 0 Å². The van der Waals surface area contributed by atoms with Gasteiger partial charge in [-0.2, -0.15) is 0 Å². The van der Waals surface area contributed by atoms with Crippen LogP contribution in [0.2, 0.25) is 0 Å². The Balaban J connectivity index is 1.57. The second kappa shape index (κ2) is 6.14. The van der Waals surface area contributed by atoms with E-state index in [9.17, 15) is 9.18 Å². The van der Waals surface area contributed by atoms with Gasteiger partial charge in [0.1, 0.15) is 0 Å². The van der Waals surface area contributed by atoms with Crippen molar-refractivity contribution in [2.75, 3.05) is 19.6 Å². The third-order valence-corrected chi connectivity index (χ3v) is 4.43. The molecule has 0 spiro atoms. The summed E-state index contributed by atoms with van der Waals surface area (Å²) in [6.45, 7) is 2.42. The Bertz CT molecular complexity index is 489. The Morgan fingerprint density at radius 2 is 2.10 bits per heavy atom. The number of alkyl halides is 1. The van der Waals surface area contributed by atoms with Gasteiger partial charge in [0.05, 0.1) is 0 Å². The number of nitrogens with one attached hydrogen (secondary N) is 1. The topological polar surface area (TPSA) is 32.3 Å². The second-order valence-electron chi connectivity index (χ2n) is 6.42. The highest BCUT2D eigenvalue weighted by Gasteiger charge is 2.42. The Morgan fingerprint density at radius 1 is 1.33 bits per heavy atom. The maximum Gasteiger partial charge on any atom is 0.259 e. The lowest BCUT2D eigenvalue weighted by molar-refractivity contribution is -0.136. The molecule has 1 aliphatic carbocycles. The lowest BCUT2D eigenvalue weighted by Gasteiger charge is -2.36. The van der Waals surface area contributed by atoms with Crippen molar-refractivity contribution in [1.29, 1.82) is 0 Å². The zero-order valence-electron chi connectivity index (χ0n) is 12.4. The number of rotatable bonds is 5. The molecule has 21 heavy (non-hydrogen) atoms. The van der Waals surface area contributed by atoms with E-state index in [1.165, 1.54) is 18.4 Å². The fraction of sp³-hybridized carbons (Fsp3) is 0.588. The van der Waals surface area contributed by atoms with Gasteiger partial charge in [0.2, 0.25) is 5.67 Å². The van der Waals surface area contributed by atoms with Gasteiger partial charge in [-0.05, 0) is 43.7 Å². The summed E-state index contributed by atoms with van der Waals surface area (Å²) in [7, 11) is 0. The Morgan fingerprint density at radius 3 is 2.81 bits per heavy atom. The number of carbonyl (C=O) groups is 1. The molecule has 0 unspecified atom stereocenters. The van der Waals surface area contributed by atoms with Crippen LogP contribution in [0.15, 0.2) is 30.3 Å². The largest absolute Gasteiger partial charge is 0.353 e. The van der Waals surface area contributed by atoms with Crippen molar-refractivity contribution in [3.63, 3.8) is 0 Å².